The molecule has 0 fully saturated rings. The molecule has 4 nitrogen and oxygen atoms in total. The molecule has 1 aromatic carbocycles. The largest absolute Gasteiger partial charge is 0.444 e. The molecule has 0 saturated heterocycles. The lowest BCUT2D eigenvalue weighted by Crippen LogP contribution is -2.36. The molecule has 1 unspecified atom stereocenters. The smallest absolute Gasteiger partial charge is 0.411 e. The van der Waals surface area contributed by atoms with Crippen LogP contribution in [0.1, 0.15) is 32.4 Å². The van der Waals surface area contributed by atoms with Crippen LogP contribution in [0.4, 0.5) is 9.18 Å². The van der Waals surface area contributed by atoms with Crippen molar-refractivity contribution >= 4 is 6.09 Å². The van der Waals surface area contributed by atoms with Gasteiger partial charge in [-0.1, -0.05) is 18.2 Å². The Balaban J connectivity index is 2.96. The minimum Gasteiger partial charge on any atom is -0.444 e. The zero-order valence-corrected chi connectivity index (χ0v) is 11.5. The summed E-state index contributed by atoms with van der Waals surface area (Å²) in [6.07, 6.45) is -0.665. The average Bonchev–Trinajstić information content (AvgIpc) is 2.30. The first-order chi connectivity index (χ1) is 8.76. The van der Waals surface area contributed by atoms with Crippen LogP contribution in [-0.4, -0.2) is 23.6 Å². The van der Waals surface area contributed by atoms with E-state index >= 15 is 0 Å². The monoisotopic (exact) mass is 264 g/mol. The Morgan fingerprint density at radius 2 is 2.00 bits per heavy atom. The second-order valence-electron chi connectivity index (χ2n) is 5.14. The van der Waals surface area contributed by atoms with Crippen molar-refractivity contribution in [1.29, 1.82) is 5.26 Å². The summed E-state index contributed by atoms with van der Waals surface area (Å²) in [7, 11) is 1.41. The van der Waals surface area contributed by atoms with Crippen molar-refractivity contribution in [3.8, 4) is 6.07 Å². The number of halogens is 1. The molecule has 0 saturated carbocycles. The number of carbonyl (C=O) groups excluding carboxylic acids is 1. The number of carbonyl (C=O) groups is 1. The fraction of sp³-hybridized carbons (Fsp3) is 0.429. The fourth-order valence-electron chi connectivity index (χ4n) is 1.50. The minimum atomic E-state index is -1.02. The van der Waals surface area contributed by atoms with Crippen LogP contribution in [0.15, 0.2) is 24.3 Å². The first-order valence-corrected chi connectivity index (χ1v) is 5.86. The maximum atomic E-state index is 13.7. The van der Waals surface area contributed by atoms with Gasteiger partial charge in [0.15, 0.2) is 6.04 Å². The molecule has 1 rings (SSSR count). The second kappa shape index (κ2) is 5.70. The highest BCUT2D eigenvalue weighted by molar-refractivity contribution is 5.69. The first-order valence-electron chi connectivity index (χ1n) is 5.86. The van der Waals surface area contributed by atoms with E-state index in [-0.39, 0.29) is 5.56 Å². The lowest BCUT2D eigenvalue weighted by atomic mass is 10.1. The molecule has 0 radical (unpaired) electrons. The van der Waals surface area contributed by atoms with Gasteiger partial charge in [0, 0.05) is 12.6 Å². The second-order valence-corrected chi connectivity index (χ2v) is 5.14. The van der Waals surface area contributed by atoms with Crippen molar-refractivity contribution in [2.45, 2.75) is 32.4 Å². The molecule has 0 bridgehead atoms. The van der Waals surface area contributed by atoms with Gasteiger partial charge in [-0.05, 0) is 26.8 Å². The van der Waals surface area contributed by atoms with Crippen molar-refractivity contribution in [3.63, 3.8) is 0 Å². The van der Waals surface area contributed by atoms with E-state index in [1.807, 2.05) is 6.07 Å². The number of nitrogens with zero attached hydrogens (tertiary/aromatic N) is 2. The molecule has 102 valence electrons. The van der Waals surface area contributed by atoms with Crippen molar-refractivity contribution in [3.05, 3.63) is 35.6 Å². The van der Waals surface area contributed by atoms with Crippen molar-refractivity contribution in [1.82, 2.24) is 4.90 Å². The number of rotatable bonds is 2. The maximum Gasteiger partial charge on any atom is 0.411 e. The molecular weight excluding hydrogens is 247 g/mol. The Morgan fingerprint density at radius 3 is 2.47 bits per heavy atom. The zero-order valence-electron chi connectivity index (χ0n) is 11.5. The number of amides is 1. The van der Waals surface area contributed by atoms with Gasteiger partial charge < -0.3 is 4.74 Å². The van der Waals surface area contributed by atoms with Crippen LogP contribution >= 0.6 is 0 Å². The van der Waals surface area contributed by atoms with E-state index in [9.17, 15) is 9.18 Å². The highest BCUT2D eigenvalue weighted by Gasteiger charge is 2.27. The van der Waals surface area contributed by atoms with Crippen LogP contribution in [0.3, 0.4) is 0 Å². The summed E-state index contributed by atoms with van der Waals surface area (Å²) in [5.74, 6) is -0.524. The third-order valence-corrected chi connectivity index (χ3v) is 2.39. The summed E-state index contributed by atoms with van der Waals surface area (Å²) in [4.78, 5) is 13.0. The maximum absolute atomic E-state index is 13.7. The van der Waals surface area contributed by atoms with E-state index in [1.54, 1.807) is 26.8 Å². The van der Waals surface area contributed by atoms with E-state index in [0.717, 1.165) is 4.90 Å². The van der Waals surface area contributed by atoms with Gasteiger partial charge in [0.05, 0.1) is 6.07 Å². The molecule has 0 aliphatic rings. The molecule has 1 aromatic rings. The molecule has 1 atom stereocenters. The van der Waals surface area contributed by atoms with E-state index in [0.29, 0.717) is 0 Å². The van der Waals surface area contributed by atoms with Crippen LogP contribution in [0.5, 0.6) is 0 Å². The number of hydrogen-bond acceptors (Lipinski definition) is 3. The summed E-state index contributed by atoms with van der Waals surface area (Å²) in [6, 6.07) is 6.77. The van der Waals surface area contributed by atoms with Crippen LogP contribution in [0, 0.1) is 17.1 Å². The topological polar surface area (TPSA) is 53.3 Å². The summed E-state index contributed by atoms with van der Waals surface area (Å²) < 4.78 is 18.8. The lowest BCUT2D eigenvalue weighted by Gasteiger charge is -2.27. The van der Waals surface area contributed by atoms with Crippen molar-refractivity contribution in [2.24, 2.45) is 0 Å². The van der Waals surface area contributed by atoms with Gasteiger partial charge in [-0.3, -0.25) is 4.90 Å². The van der Waals surface area contributed by atoms with Crippen molar-refractivity contribution in [2.75, 3.05) is 7.05 Å². The van der Waals surface area contributed by atoms with Crippen LogP contribution in [0.2, 0.25) is 0 Å². The molecule has 0 aromatic heterocycles. The quantitative estimate of drug-likeness (QED) is 0.823. The molecule has 0 spiro atoms. The van der Waals surface area contributed by atoms with Gasteiger partial charge in [-0.2, -0.15) is 5.26 Å². The first kappa shape index (κ1) is 15.0. The van der Waals surface area contributed by atoms with Gasteiger partial charge in [0.1, 0.15) is 11.4 Å². The third-order valence-electron chi connectivity index (χ3n) is 2.39. The average molecular weight is 264 g/mol. The van der Waals surface area contributed by atoms with E-state index in [2.05, 4.69) is 0 Å². The Labute approximate surface area is 112 Å². The predicted octanol–water partition coefficient (Wildman–Crippen LogP) is 3.26. The predicted molar refractivity (Wildman–Crippen MR) is 68.8 cm³/mol. The lowest BCUT2D eigenvalue weighted by molar-refractivity contribution is 0.0256. The van der Waals surface area contributed by atoms with Gasteiger partial charge in [-0.25, -0.2) is 9.18 Å². The summed E-state index contributed by atoms with van der Waals surface area (Å²) in [5, 5.41) is 9.16. The molecule has 0 heterocycles. The molecule has 0 aliphatic heterocycles. The SMILES string of the molecule is CN(C(=O)OC(C)(C)C)C(C#N)c1ccccc1F. The van der Waals surface area contributed by atoms with Crippen molar-refractivity contribution < 1.29 is 13.9 Å². The number of ether oxygens (including phenoxy) is 1. The number of benzene rings is 1. The van der Waals surface area contributed by atoms with Crippen LogP contribution < -0.4 is 0 Å². The normalized spacial score (nSPS) is 12.4. The standard InChI is InChI=1S/C14H17FN2O2/c1-14(2,3)19-13(18)17(4)12(9-16)10-7-5-6-8-11(10)15/h5-8,12H,1-4H3. The zero-order chi connectivity index (χ0) is 14.6. The molecule has 0 N–H and O–H groups in total. The molecule has 5 heteroatoms. The van der Waals surface area contributed by atoms with Gasteiger partial charge in [0.2, 0.25) is 0 Å². The Morgan fingerprint density at radius 1 is 1.42 bits per heavy atom. The van der Waals surface area contributed by atoms with E-state index in [4.69, 9.17) is 10.00 Å². The van der Waals surface area contributed by atoms with Crippen LogP contribution in [0.25, 0.3) is 0 Å². The summed E-state index contributed by atoms with van der Waals surface area (Å²) in [5.41, 5.74) is -0.515. The number of hydrogen-bond donors (Lipinski definition) is 0. The number of nitriles is 1. The molecular formula is C14H17FN2O2. The summed E-state index contributed by atoms with van der Waals surface area (Å²) in [6.45, 7) is 5.18. The summed E-state index contributed by atoms with van der Waals surface area (Å²) >= 11 is 0. The Hall–Kier alpha value is -2.09. The molecule has 19 heavy (non-hydrogen) atoms. The van der Waals surface area contributed by atoms with Gasteiger partial charge in [0.25, 0.3) is 0 Å². The Bertz CT molecular complexity index is 503. The Kier molecular flexibility index (Phi) is 4.49. The van der Waals surface area contributed by atoms with E-state index < -0.39 is 23.6 Å². The highest BCUT2D eigenvalue weighted by atomic mass is 19.1. The van der Waals surface area contributed by atoms with Gasteiger partial charge >= 0.3 is 6.09 Å². The molecule has 0 aliphatic carbocycles. The van der Waals surface area contributed by atoms with Crippen LogP contribution in [-0.2, 0) is 4.74 Å². The highest BCUT2D eigenvalue weighted by Crippen LogP contribution is 2.23. The molecule has 1 amide bonds. The minimum absolute atomic E-state index is 0.151. The fourth-order valence-corrected chi connectivity index (χ4v) is 1.50. The third kappa shape index (κ3) is 3.95. The van der Waals surface area contributed by atoms with E-state index in [1.165, 1.54) is 25.2 Å². The van der Waals surface area contributed by atoms with Gasteiger partial charge in [-0.15, -0.1) is 0 Å².